The molecule has 0 amide bonds. The Hall–Kier alpha value is -8.20. The van der Waals surface area contributed by atoms with Gasteiger partial charge in [0.1, 0.15) is 11.2 Å². The Balaban J connectivity index is 1.10. The van der Waals surface area contributed by atoms with E-state index in [0.29, 0.717) is 0 Å². The van der Waals surface area contributed by atoms with Gasteiger partial charge >= 0.3 is 0 Å². The molecule has 2 heteroatoms. The summed E-state index contributed by atoms with van der Waals surface area (Å²) in [4.78, 5) is 2.45. The maximum absolute atomic E-state index is 6.32. The Morgan fingerprint density at radius 2 is 0.738 bits per heavy atom. The Labute approximate surface area is 377 Å². The molecule has 13 rings (SSSR count). The van der Waals surface area contributed by atoms with Crippen molar-refractivity contribution in [3.05, 3.63) is 236 Å². The van der Waals surface area contributed by atoms with Crippen molar-refractivity contribution in [3.63, 3.8) is 0 Å². The van der Waals surface area contributed by atoms with Gasteiger partial charge in [-0.2, -0.15) is 0 Å². The summed E-state index contributed by atoms with van der Waals surface area (Å²) < 4.78 is 6.32. The summed E-state index contributed by atoms with van der Waals surface area (Å²) in [7, 11) is 0. The van der Waals surface area contributed by atoms with Crippen molar-refractivity contribution in [1.82, 2.24) is 0 Å². The Bertz CT molecular complexity index is 3910. The number of rotatable bonds is 4. The van der Waals surface area contributed by atoms with Crippen LogP contribution in [0.4, 0.5) is 17.1 Å². The second-order valence-electron chi connectivity index (χ2n) is 18.0. The molecule has 1 aliphatic rings. The molecule has 0 unspecified atom stereocenters. The fraction of sp³-hybridized carbons (Fsp3) is 0.0476. The van der Waals surface area contributed by atoms with Gasteiger partial charge in [0, 0.05) is 33.2 Å². The molecule has 0 spiro atoms. The van der Waals surface area contributed by atoms with Crippen LogP contribution in [0.1, 0.15) is 25.0 Å². The van der Waals surface area contributed by atoms with E-state index in [9.17, 15) is 0 Å². The third-order valence-corrected chi connectivity index (χ3v) is 14.1. The van der Waals surface area contributed by atoms with E-state index in [4.69, 9.17) is 4.42 Å². The first-order chi connectivity index (χ1) is 32.0. The van der Waals surface area contributed by atoms with Gasteiger partial charge in [0.05, 0.1) is 0 Å². The monoisotopic (exact) mass is 829 g/mol. The molecule has 0 radical (unpaired) electrons. The Morgan fingerprint density at radius 1 is 0.308 bits per heavy atom. The van der Waals surface area contributed by atoms with Crippen molar-refractivity contribution in [1.29, 1.82) is 0 Å². The van der Waals surface area contributed by atoms with Crippen molar-refractivity contribution in [2.24, 2.45) is 0 Å². The molecule has 11 aromatic carbocycles. The van der Waals surface area contributed by atoms with E-state index < -0.39 is 0 Å². The highest BCUT2D eigenvalue weighted by Gasteiger charge is 2.35. The lowest BCUT2D eigenvalue weighted by Crippen LogP contribution is -2.16. The maximum atomic E-state index is 6.32. The molecule has 0 atom stereocenters. The van der Waals surface area contributed by atoms with Gasteiger partial charge in [-0.15, -0.1) is 0 Å². The molecule has 0 saturated heterocycles. The number of hydrogen-bond donors (Lipinski definition) is 0. The minimum absolute atomic E-state index is 0.154. The van der Waals surface area contributed by atoms with E-state index in [1.54, 1.807) is 0 Å². The summed E-state index contributed by atoms with van der Waals surface area (Å²) in [5.41, 5.74) is 12.6. The van der Waals surface area contributed by atoms with E-state index in [2.05, 4.69) is 237 Å². The molecule has 1 aromatic heterocycles. The van der Waals surface area contributed by atoms with E-state index in [1.807, 2.05) is 6.07 Å². The zero-order valence-corrected chi connectivity index (χ0v) is 36.2. The first kappa shape index (κ1) is 37.4. The zero-order valence-electron chi connectivity index (χ0n) is 36.2. The molecule has 0 fully saturated rings. The van der Waals surface area contributed by atoms with Crippen LogP contribution < -0.4 is 4.90 Å². The van der Waals surface area contributed by atoms with Gasteiger partial charge < -0.3 is 9.32 Å². The largest absolute Gasteiger partial charge is 0.456 e. The van der Waals surface area contributed by atoms with Crippen LogP contribution in [-0.2, 0) is 5.41 Å². The van der Waals surface area contributed by atoms with Crippen LogP contribution in [0.25, 0.3) is 98.1 Å². The van der Waals surface area contributed by atoms with Gasteiger partial charge in [0.25, 0.3) is 0 Å². The predicted octanol–water partition coefficient (Wildman–Crippen LogP) is 17.9. The quantitative estimate of drug-likeness (QED) is 0.176. The lowest BCUT2D eigenvalue weighted by atomic mass is 9.82. The van der Waals surface area contributed by atoms with Crippen molar-refractivity contribution in [2.75, 3.05) is 4.90 Å². The van der Waals surface area contributed by atoms with Crippen LogP contribution in [-0.4, -0.2) is 0 Å². The molecule has 1 heterocycles. The summed E-state index contributed by atoms with van der Waals surface area (Å²) in [6.45, 7) is 4.73. The number of furan rings is 1. The summed E-state index contributed by atoms with van der Waals surface area (Å²) >= 11 is 0. The highest BCUT2D eigenvalue weighted by atomic mass is 16.3. The average Bonchev–Trinajstić information content (AvgIpc) is 3.86. The minimum atomic E-state index is -0.154. The molecule has 1 aliphatic carbocycles. The van der Waals surface area contributed by atoms with Gasteiger partial charge in [-0.1, -0.05) is 190 Å². The maximum Gasteiger partial charge on any atom is 0.136 e. The fourth-order valence-electron chi connectivity index (χ4n) is 11.0. The zero-order chi connectivity index (χ0) is 43.2. The minimum Gasteiger partial charge on any atom is -0.456 e. The fourth-order valence-corrected chi connectivity index (χ4v) is 11.0. The SMILES string of the molecule is CC1(C)c2ccccc2-c2ccc(N(c3ccc(-c4cccc5oc6ccccc6c45)cc3)c3ccc4c5ccccc5c5ccccc5c5ccccc5c5ccccc5c4c3)cc21. The third-order valence-electron chi connectivity index (χ3n) is 14.1. The molecule has 0 bridgehead atoms. The molecule has 12 aromatic rings. The lowest BCUT2D eigenvalue weighted by molar-refractivity contribution is 0.660. The molecule has 65 heavy (non-hydrogen) atoms. The van der Waals surface area contributed by atoms with Crippen LogP contribution in [0.5, 0.6) is 0 Å². The van der Waals surface area contributed by atoms with Crippen molar-refractivity contribution in [3.8, 4) is 22.3 Å². The van der Waals surface area contributed by atoms with E-state index in [0.717, 1.165) is 50.1 Å². The first-order valence-electron chi connectivity index (χ1n) is 22.6. The number of anilines is 3. The van der Waals surface area contributed by atoms with Crippen molar-refractivity contribution < 1.29 is 4.42 Å². The Kier molecular flexibility index (Phi) is 8.29. The molecule has 0 saturated carbocycles. The standard InChI is InChI=1S/C63H43NO/c1-63(2)58-27-13-11-24-54(58)55-37-35-43(39-59(55)63)64(41-32-30-40(31-33-41)44-26-15-29-61-62(44)56-25-12-14-28-60(56)65-61)42-34-36-53-51-22-8-7-20-49(51)47-18-4-3-16-45(47)46-17-5-6-19-48(46)50-21-9-10-23-52(50)57(53)38-42/h3-39H,1-2H3. The van der Waals surface area contributed by atoms with Crippen LogP contribution in [0.3, 0.4) is 0 Å². The lowest BCUT2D eigenvalue weighted by Gasteiger charge is -2.28. The predicted molar refractivity (Wildman–Crippen MR) is 277 cm³/mol. The highest BCUT2D eigenvalue weighted by Crippen LogP contribution is 2.51. The number of benzene rings is 10. The van der Waals surface area contributed by atoms with E-state index in [1.165, 1.54) is 76.1 Å². The summed E-state index contributed by atoms with van der Waals surface area (Å²) in [6.07, 6.45) is 0. The summed E-state index contributed by atoms with van der Waals surface area (Å²) in [5.74, 6) is 0. The van der Waals surface area contributed by atoms with Gasteiger partial charge in [-0.3, -0.25) is 0 Å². The first-order valence-corrected chi connectivity index (χ1v) is 22.6. The van der Waals surface area contributed by atoms with Gasteiger partial charge in [-0.25, -0.2) is 0 Å². The Morgan fingerprint density at radius 3 is 1.35 bits per heavy atom. The highest BCUT2D eigenvalue weighted by molar-refractivity contribution is 6.26. The third kappa shape index (κ3) is 5.74. The summed E-state index contributed by atoms with van der Waals surface area (Å²) in [6, 6.07) is 82.6. The van der Waals surface area contributed by atoms with E-state index in [-0.39, 0.29) is 5.41 Å². The number of para-hydroxylation sites is 1. The number of nitrogens with zero attached hydrogens (tertiary/aromatic N) is 1. The summed E-state index contributed by atoms with van der Waals surface area (Å²) in [5, 5.41) is 14.4. The van der Waals surface area contributed by atoms with Gasteiger partial charge in [-0.05, 0) is 136 Å². The molecule has 0 N–H and O–H groups in total. The number of fused-ring (bicyclic) bond motifs is 16. The molecule has 306 valence electrons. The molecule has 2 nitrogen and oxygen atoms in total. The van der Waals surface area contributed by atoms with Crippen molar-refractivity contribution >= 4 is 92.9 Å². The normalized spacial score (nSPS) is 12.9. The van der Waals surface area contributed by atoms with E-state index >= 15 is 0 Å². The van der Waals surface area contributed by atoms with Gasteiger partial charge in [0.2, 0.25) is 0 Å². The second kappa shape index (κ2) is 14.4. The average molecular weight is 830 g/mol. The van der Waals surface area contributed by atoms with Crippen LogP contribution in [0, 0.1) is 0 Å². The van der Waals surface area contributed by atoms with Crippen molar-refractivity contribution in [2.45, 2.75) is 19.3 Å². The molecular weight excluding hydrogens is 787 g/mol. The van der Waals surface area contributed by atoms with Crippen LogP contribution in [0.2, 0.25) is 0 Å². The topological polar surface area (TPSA) is 16.4 Å². The van der Waals surface area contributed by atoms with Crippen LogP contribution in [0.15, 0.2) is 229 Å². The second-order valence-corrected chi connectivity index (χ2v) is 18.0. The van der Waals surface area contributed by atoms with Gasteiger partial charge in [0.15, 0.2) is 0 Å². The molecular formula is C63H43NO. The smallest absolute Gasteiger partial charge is 0.136 e. The van der Waals surface area contributed by atoms with Crippen LogP contribution >= 0.6 is 0 Å². The number of hydrogen-bond acceptors (Lipinski definition) is 2. The molecule has 0 aliphatic heterocycles.